The average Bonchev–Trinajstić information content (AvgIpc) is 3.36. The van der Waals surface area contributed by atoms with E-state index in [0.29, 0.717) is 41.9 Å². The predicted molar refractivity (Wildman–Crippen MR) is 143 cm³/mol. The summed E-state index contributed by atoms with van der Waals surface area (Å²) in [5.41, 5.74) is 2.76. The van der Waals surface area contributed by atoms with Gasteiger partial charge in [0, 0.05) is 37.3 Å². The van der Waals surface area contributed by atoms with Crippen LogP contribution >= 0.6 is 0 Å². The minimum atomic E-state index is -0.989. The number of hydrogen-bond acceptors (Lipinski definition) is 8. The van der Waals surface area contributed by atoms with Gasteiger partial charge in [0.15, 0.2) is 0 Å². The fraction of sp³-hybridized carbons (Fsp3) is 0.345. The standard InChI is InChI=1S/C29H31N5O5/c1-4-29(5-2,19-6-10-22(11-7-19)37-24-16-21(17-24)31-28(35)36)20-8-12-23(13-9-20)38-26-15-14-25(32-33-26)27-30-18(3)39-34-27/h6-15,21,24,31H,4-5,16-17H2,1-3H3,(H,35,36). The van der Waals surface area contributed by atoms with E-state index in [-0.39, 0.29) is 17.6 Å². The molecule has 0 spiro atoms. The lowest BCUT2D eigenvalue weighted by Crippen LogP contribution is -2.48. The third-order valence-electron chi connectivity index (χ3n) is 7.37. The topological polar surface area (TPSA) is 132 Å². The minimum absolute atomic E-state index is 0.0287. The van der Waals surface area contributed by atoms with Crippen molar-refractivity contribution in [1.82, 2.24) is 25.7 Å². The lowest BCUT2D eigenvalue weighted by atomic mass is 9.70. The number of amides is 1. The maximum Gasteiger partial charge on any atom is 0.404 e. The summed E-state index contributed by atoms with van der Waals surface area (Å²) in [4.78, 5) is 14.9. The molecule has 10 nitrogen and oxygen atoms in total. The Morgan fingerprint density at radius 1 is 0.974 bits per heavy atom. The van der Waals surface area contributed by atoms with Crippen LogP contribution in [0.1, 0.15) is 56.5 Å². The normalized spacial score (nSPS) is 16.8. The van der Waals surface area contributed by atoms with Crippen LogP contribution in [0, 0.1) is 6.92 Å². The van der Waals surface area contributed by atoms with Gasteiger partial charge in [0.25, 0.3) is 0 Å². The van der Waals surface area contributed by atoms with Crippen LogP contribution in [-0.2, 0) is 5.41 Å². The molecule has 0 bridgehead atoms. The Kier molecular flexibility index (Phi) is 7.44. The monoisotopic (exact) mass is 529 g/mol. The summed E-state index contributed by atoms with van der Waals surface area (Å²) in [7, 11) is 0. The van der Waals surface area contributed by atoms with Crippen molar-refractivity contribution in [2.24, 2.45) is 0 Å². The molecule has 2 N–H and O–H groups in total. The number of nitrogens with zero attached hydrogens (tertiary/aromatic N) is 4. The minimum Gasteiger partial charge on any atom is -0.490 e. The molecule has 39 heavy (non-hydrogen) atoms. The van der Waals surface area contributed by atoms with Gasteiger partial charge in [-0.05, 0) is 54.3 Å². The second-order valence-electron chi connectivity index (χ2n) is 9.69. The molecule has 2 heterocycles. The molecular formula is C29H31N5O5. The molecular weight excluding hydrogens is 498 g/mol. The van der Waals surface area contributed by atoms with E-state index in [1.807, 2.05) is 24.3 Å². The van der Waals surface area contributed by atoms with E-state index in [1.165, 1.54) is 11.1 Å². The Bertz CT molecular complexity index is 1390. The van der Waals surface area contributed by atoms with E-state index in [4.69, 9.17) is 19.1 Å². The molecule has 1 saturated carbocycles. The van der Waals surface area contributed by atoms with E-state index >= 15 is 0 Å². The largest absolute Gasteiger partial charge is 0.490 e. The predicted octanol–water partition coefficient (Wildman–Crippen LogP) is 5.91. The second kappa shape index (κ2) is 11.1. The first-order valence-electron chi connectivity index (χ1n) is 13.1. The van der Waals surface area contributed by atoms with Crippen molar-refractivity contribution in [3.63, 3.8) is 0 Å². The van der Waals surface area contributed by atoms with Crippen LogP contribution in [0.15, 0.2) is 65.2 Å². The lowest BCUT2D eigenvalue weighted by molar-refractivity contribution is 0.0833. The molecule has 1 amide bonds. The number of aromatic nitrogens is 4. The van der Waals surface area contributed by atoms with Gasteiger partial charge < -0.3 is 24.4 Å². The molecule has 1 aliphatic rings. The molecule has 5 rings (SSSR count). The van der Waals surface area contributed by atoms with Crippen LogP contribution in [-0.4, -0.2) is 43.7 Å². The average molecular weight is 530 g/mol. The van der Waals surface area contributed by atoms with Crippen LogP contribution in [0.2, 0.25) is 0 Å². The summed E-state index contributed by atoms with van der Waals surface area (Å²) in [6.45, 7) is 6.12. The van der Waals surface area contributed by atoms with Crippen molar-refractivity contribution in [3.05, 3.63) is 77.7 Å². The van der Waals surface area contributed by atoms with Crippen molar-refractivity contribution < 1.29 is 23.9 Å². The first kappa shape index (κ1) is 26.1. The van der Waals surface area contributed by atoms with Crippen LogP contribution in [0.3, 0.4) is 0 Å². The van der Waals surface area contributed by atoms with Crippen molar-refractivity contribution in [3.8, 4) is 28.9 Å². The summed E-state index contributed by atoms with van der Waals surface area (Å²) >= 11 is 0. The summed E-state index contributed by atoms with van der Waals surface area (Å²) < 4.78 is 16.9. The maximum atomic E-state index is 10.8. The summed E-state index contributed by atoms with van der Waals surface area (Å²) in [6.07, 6.45) is 2.27. The van der Waals surface area contributed by atoms with E-state index in [1.54, 1.807) is 19.1 Å². The summed E-state index contributed by atoms with van der Waals surface area (Å²) in [6, 6.07) is 19.8. The molecule has 2 aromatic carbocycles. The van der Waals surface area contributed by atoms with Gasteiger partial charge in [0.1, 0.15) is 23.3 Å². The smallest absolute Gasteiger partial charge is 0.404 e. The van der Waals surface area contributed by atoms with Gasteiger partial charge in [-0.3, -0.25) is 0 Å². The van der Waals surface area contributed by atoms with Crippen LogP contribution in [0.4, 0.5) is 4.79 Å². The zero-order chi connectivity index (χ0) is 27.4. The third kappa shape index (κ3) is 5.69. The van der Waals surface area contributed by atoms with E-state index in [9.17, 15) is 4.79 Å². The van der Waals surface area contributed by atoms with Crippen molar-refractivity contribution in [2.45, 2.75) is 64.0 Å². The van der Waals surface area contributed by atoms with E-state index in [2.05, 4.69) is 63.8 Å². The molecule has 0 radical (unpaired) electrons. The molecule has 1 fully saturated rings. The molecule has 4 aromatic rings. The Balaban J connectivity index is 1.25. The van der Waals surface area contributed by atoms with Gasteiger partial charge in [-0.15, -0.1) is 10.2 Å². The molecule has 0 unspecified atom stereocenters. The van der Waals surface area contributed by atoms with E-state index < -0.39 is 6.09 Å². The van der Waals surface area contributed by atoms with Gasteiger partial charge in [-0.2, -0.15) is 4.98 Å². The van der Waals surface area contributed by atoms with Gasteiger partial charge in [-0.1, -0.05) is 43.3 Å². The number of benzene rings is 2. The summed E-state index contributed by atoms with van der Waals surface area (Å²) in [5, 5.41) is 23.4. The Morgan fingerprint density at radius 3 is 2.13 bits per heavy atom. The molecule has 0 aliphatic heterocycles. The molecule has 2 aromatic heterocycles. The van der Waals surface area contributed by atoms with Gasteiger partial charge in [0.05, 0.1) is 0 Å². The fourth-order valence-electron chi connectivity index (χ4n) is 5.09. The molecule has 202 valence electrons. The SMILES string of the molecule is CCC(CC)(c1ccc(Oc2ccc(-c3noc(C)n3)nn2)cc1)c1ccc(OC2CC(NC(=O)O)C2)cc1. The van der Waals surface area contributed by atoms with Gasteiger partial charge >= 0.3 is 6.09 Å². The highest BCUT2D eigenvalue weighted by atomic mass is 16.5. The van der Waals surface area contributed by atoms with Crippen LogP contribution in [0.25, 0.3) is 11.5 Å². The molecule has 1 aliphatic carbocycles. The highest BCUT2D eigenvalue weighted by Crippen LogP contribution is 2.40. The zero-order valence-electron chi connectivity index (χ0n) is 22.1. The van der Waals surface area contributed by atoms with Gasteiger partial charge in [-0.25, -0.2) is 4.79 Å². The molecule has 0 saturated heterocycles. The van der Waals surface area contributed by atoms with Crippen molar-refractivity contribution >= 4 is 6.09 Å². The third-order valence-corrected chi connectivity index (χ3v) is 7.37. The Morgan fingerprint density at radius 2 is 1.62 bits per heavy atom. The number of nitrogens with one attached hydrogen (secondary N) is 1. The molecule has 0 atom stereocenters. The quantitative estimate of drug-likeness (QED) is 0.257. The number of aryl methyl sites for hydroxylation is 1. The number of carbonyl (C=O) groups is 1. The number of rotatable bonds is 10. The lowest BCUT2D eigenvalue weighted by Gasteiger charge is -2.35. The molecule has 10 heteroatoms. The number of hydrogen-bond donors (Lipinski definition) is 2. The Labute approximate surface area is 226 Å². The number of ether oxygens (including phenoxy) is 2. The van der Waals surface area contributed by atoms with Gasteiger partial charge in [0.2, 0.25) is 17.6 Å². The van der Waals surface area contributed by atoms with Crippen LogP contribution < -0.4 is 14.8 Å². The Hall–Kier alpha value is -4.47. The van der Waals surface area contributed by atoms with E-state index in [0.717, 1.165) is 18.6 Å². The number of carboxylic acid groups (broad SMARTS) is 1. The first-order chi connectivity index (χ1) is 18.9. The van der Waals surface area contributed by atoms with Crippen molar-refractivity contribution in [2.75, 3.05) is 0 Å². The maximum absolute atomic E-state index is 10.8. The zero-order valence-corrected chi connectivity index (χ0v) is 22.1. The fourth-order valence-corrected chi connectivity index (χ4v) is 5.09. The first-order valence-corrected chi connectivity index (χ1v) is 13.1. The highest BCUT2D eigenvalue weighted by molar-refractivity contribution is 5.65. The summed E-state index contributed by atoms with van der Waals surface area (Å²) in [5.74, 6) is 2.68. The van der Waals surface area contributed by atoms with Crippen LogP contribution in [0.5, 0.6) is 17.4 Å². The second-order valence-corrected chi connectivity index (χ2v) is 9.69. The highest BCUT2D eigenvalue weighted by Gasteiger charge is 2.33. The van der Waals surface area contributed by atoms with Crippen molar-refractivity contribution in [1.29, 1.82) is 0 Å².